The zero-order valence-electron chi connectivity index (χ0n) is 12.9. The molecular weight excluding hydrogens is 254 g/mol. The lowest BCUT2D eigenvalue weighted by Gasteiger charge is -2.39. The molecule has 2 aliphatic rings. The third-order valence-corrected chi connectivity index (χ3v) is 4.13. The normalized spacial score (nSPS) is 24.6. The largest absolute Gasteiger partial charge is 0.339 e. The summed E-state index contributed by atoms with van der Waals surface area (Å²) >= 11 is 0. The fraction of sp³-hybridized carbons (Fsp3) is 0.867. The van der Waals surface area contributed by atoms with Crippen LogP contribution >= 0.6 is 0 Å². The molecule has 1 unspecified atom stereocenters. The van der Waals surface area contributed by atoms with Crippen LogP contribution in [0.15, 0.2) is 0 Å². The van der Waals surface area contributed by atoms with E-state index < -0.39 is 0 Å². The molecule has 5 nitrogen and oxygen atoms in total. The lowest BCUT2D eigenvalue weighted by Crippen LogP contribution is -2.57. The van der Waals surface area contributed by atoms with Crippen LogP contribution < -0.4 is 5.32 Å². The van der Waals surface area contributed by atoms with Crippen molar-refractivity contribution in [3.8, 4) is 0 Å². The van der Waals surface area contributed by atoms with Gasteiger partial charge in [0.25, 0.3) is 0 Å². The second-order valence-electron chi connectivity index (χ2n) is 6.87. The Morgan fingerprint density at radius 2 is 1.60 bits per heavy atom. The molecule has 0 bridgehead atoms. The van der Waals surface area contributed by atoms with Gasteiger partial charge in [0, 0.05) is 31.6 Å². The molecule has 1 N–H and O–H groups in total. The van der Waals surface area contributed by atoms with Gasteiger partial charge in [0.1, 0.15) is 0 Å². The number of carbonyl (C=O) groups excluding carboxylic acids is 2. The van der Waals surface area contributed by atoms with Gasteiger partial charge in [-0.2, -0.15) is 0 Å². The fourth-order valence-corrected chi connectivity index (χ4v) is 2.89. The van der Waals surface area contributed by atoms with Gasteiger partial charge in [-0.15, -0.1) is 0 Å². The Morgan fingerprint density at radius 3 is 2.10 bits per heavy atom. The van der Waals surface area contributed by atoms with Crippen molar-refractivity contribution < 1.29 is 9.59 Å². The van der Waals surface area contributed by atoms with Gasteiger partial charge < -0.3 is 15.1 Å². The summed E-state index contributed by atoms with van der Waals surface area (Å²) in [6, 6.07) is -0.00591. The van der Waals surface area contributed by atoms with Crippen LogP contribution in [0, 0.1) is 5.41 Å². The molecule has 2 heterocycles. The monoisotopic (exact) mass is 281 g/mol. The summed E-state index contributed by atoms with van der Waals surface area (Å²) in [4.78, 5) is 28.4. The Hall–Kier alpha value is -1.10. The number of amides is 2. The molecule has 2 saturated heterocycles. The molecule has 0 spiro atoms. The number of hydrogen-bond acceptors (Lipinski definition) is 3. The van der Waals surface area contributed by atoms with Gasteiger partial charge in [0.2, 0.25) is 11.8 Å². The minimum Gasteiger partial charge on any atom is -0.339 e. The molecule has 20 heavy (non-hydrogen) atoms. The van der Waals surface area contributed by atoms with E-state index in [2.05, 4.69) is 5.32 Å². The van der Waals surface area contributed by atoms with E-state index in [0.29, 0.717) is 26.2 Å². The SMILES string of the molecule is CC(C)(C)C(=O)N1CCN(C(=O)C2CCCCN2)CC1. The molecular formula is C15H27N3O2. The van der Waals surface area contributed by atoms with E-state index in [1.165, 1.54) is 0 Å². The van der Waals surface area contributed by atoms with E-state index in [0.717, 1.165) is 25.8 Å². The minimum absolute atomic E-state index is 0.00591. The van der Waals surface area contributed by atoms with Crippen molar-refractivity contribution in [1.29, 1.82) is 0 Å². The van der Waals surface area contributed by atoms with Crippen LogP contribution in [0.2, 0.25) is 0 Å². The molecule has 2 amide bonds. The Kier molecular flexibility index (Phi) is 4.68. The first-order chi connectivity index (χ1) is 9.39. The van der Waals surface area contributed by atoms with Crippen LogP contribution in [0.25, 0.3) is 0 Å². The molecule has 114 valence electrons. The predicted molar refractivity (Wildman–Crippen MR) is 78.3 cm³/mol. The van der Waals surface area contributed by atoms with Crippen LogP contribution in [0.3, 0.4) is 0 Å². The van der Waals surface area contributed by atoms with Gasteiger partial charge in [-0.1, -0.05) is 27.2 Å². The average molecular weight is 281 g/mol. The minimum atomic E-state index is -0.336. The van der Waals surface area contributed by atoms with E-state index >= 15 is 0 Å². The van der Waals surface area contributed by atoms with Gasteiger partial charge in [-0.05, 0) is 19.4 Å². The van der Waals surface area contributed by atoms with Gasteiger partial charge in [-0.3, -0.25) is 9.59 Å². The molecule has 0 radical (unpaired) electrons. The number of piperazine rings is 1. The van der Waals surface area contributed by atoms with Crippen LogP contribution in [0.4, 0.5) is 0 Å². The van der Waals surface area contributed by atoms with Crippen molar-refractivity contribution in [3.63, 3.8) is 0 Å². The smallest absolute Gasteiger partial charge is 0.239 e. The van der Waals surface area contributed by atoms with Gasteiger partial charge >= 0.3 is 0 Å². The van der Waals surface area contributed by atoms with E-state index in [4.69, 9.17) is 0 Å². The van der Waals surface area contributed by atoms with Crippen molar-refractivity contribution in [2.45, 2.75) is 46.1 Å². The molecule has 2 rings (SSSR count). The number of hydrogen-bond donors (Lipinski definition) is 1. The van der Waals surface area contributed by atoms with Crippen LogP contribution in [0.1, 0.15) is 40.0 Å². The average Bonchev–Trinajstić information content (AvgIpc) is 2.46. The lowest BCUT2D eigenvalue weighted by atomic mass is 9.94. The third kappa shape index (κ3) is 3.51. The lowest BCUT2D eigenvalue weighted by molar-refractivity contribution is -0.145. The van der Waals surface area contributed by atoms with Crippen LogP contribution in [-0.4, -0.2) is 60.4 Å². The molecule has 5 heteroatoms. The van der Waals surface area contributed by atoms with Crippen molar-refractivity contribution in [2.75, 3.05) is 32.7 Å². The fourth-order valence-electron chi connectivity index (χ4n) is 2.89. The Balaban J connectivity index is 1.84. The standard InChI is InChI=1S/C15H27N3O2/c1-15(2,3)14(20)18-10-8-17(9-11-18)13(19)12-6-4-5-7-16-12/h12,16H,4-11H2,1-3H3. The summed E-state index contributed by atoms with van der Waals surface area (Å²) in [5.74, 6) is 0.396. The summed E-state index contributed by atoms with van der Waals surface area (Å²) in [6.07, 6.45) is 3.24. The highest BCUT2D eigenvalue weighted by Crippen LogP contribution is 2.19. The van der Waals surface area contributed by atoms with Crippen LogP contribution in [-0.2, 0) is 9.59 Å². The van der Waals surface area contributed by atoms with E-state index in [9.17, 15) is 9.59 Å². The van der Waals surface area contributed by atoms with Gasteiger partial charge in [-0.25, -0.2) is 0 Å². The number of rotatable bonds is 1. The molecule has 0 saturated carbocycles. The second kappa shape index (κ2) is 6.12. The zero-order valence-corrected chi connectivity index (χ0v) is 12.9. The van der Waals surface area contributed by atoms with Crippen molar-refractivity contribution in [3.05, 3.63) is 0 Å². The maximum atomic E-state index is 12.4. The summed E-state index contributed by atoms with van der Waals surface area (Å²) in [5.41, 5.74) is -0.336. The highest BCUT2D eigenvalue weighted by atomic mass is 16.2. The molecule has 0 aliphatic carbocycles. The predicted octanol–water partition coefficient (Wildman–Crippen LogP) is 0.845. The molecule has 0 aromatic carbocycles. The summed E-state index contributed by atoms with van der Waals surface area (Å²) in [6.45, 7) is 9.43. The first-order valence-electron chi connectivity index (χ1n) is 7.71. The first kappa shape index (κ1) is 15.3. The quantitative estimate of drug-likeness (QED) is 0.775. The second-order valence-corrected chi connectivity index (χ2v) is 6.87. The Labute approximate surface area is 121 Å². The van der Waals surface area contributed by atoms with Crippen molar-refractivity contribution in [2.24, 2.45) is 5.41 Å². The highest BCUT2D eigenvalue weighted by molar-refractivity contribution is 5.83. The maximum absolute atomic E-state index is 12.4. The highest BCUT2D eigenvalue weighted by Gasteiger charge is 2.32. The topological polar surface area (TPSA) is 52.7 Å². The molecule has 0 aromatic heterocycles. The molecule has 2 aliphatic heterocycles. The number of nitrogens with zero attached hydrogens (tertiary/aromatic N) is 2. The van der Waals surface area contributed by atoms with Crippen molar-refractivity contribution in [1.82, 2.24) is 15.1 Å². The number of nitrogens with one attached hydrogen (secondary N) is 1. The van der Waals surface area contributed by atoms with Gasteiger partial charge in [0.15, 0.2) is 0 Å². The Bertz CT molecular complexity index is 362. The summed E-state index contributed by atoms with van der Waals surface area (Å²) in [5, 5.41) is 3.30. The summed E-state index contributed by atoms with van der Waals surface area (Å²) in [7, 11) is 0. The number of piperidine rings is 1. The van der Waals surface area contributed by atoms with Gasteiger partial charge in [0.05, 0.1) is 6.04 Å². The molecule has 0 aromatic rings. The maximum Gasteiger partial charge on any atom is 0.239 e. The Morgan fingerprint density at radius 1 is 1.00 bits per heavy atom. The third-order valence-electron chi connectivity index (χ3n) is 4.13. The zero-order chi connectivity index (χ0) is 14.8. The molecule has 2 fully saturated rings. The van der Waals surface area contributed by atoms with E-state index in [-0.39, 0.29) is 23.3 Å². The molecule has 1 atom stereocenters. The van der Waals surface area contributed by atoms with E-state index in [1.54, 1.807) is 0 Å². The number of carbonyl (C=O) groups is 2. The summed E-state index contributed by atoms with van der Waals surface area (Å²) < 4.78 is 0. The van der Waals surface area contributed by atoms with Crippen molar-refractivity contribution >= 4 is 11.8 Å². The first-order valence-corrected chi connectivity index (χ1v) is 7.71. The van der Waals surface area contributed by atoms with E-state index in [1.807, 2.05) is 30.6 Å². The van der Waals surface area contributed by atoms with Crippen LogP contribution in [0.5, 0.6) is 0 Å².